The van der Waals surface area contributed by atoms with Gasteiger partial charge in [-0.2, -0.15) is 0 Å². The normalized spacial score (nSPS) is 35.0. The first kappa shape index (κ1) is 10.4. The predicted octanol–water partition coefficient (Wildman–Crippen LogP) is 0.00520. The molecule has 5 heteroatoms. The highest BCUT2D eigenvalue weighted by atomic mass is 32.2. The topological polar surface area (TPSA) is 63.4 Å². The highest BCUT2D eigenvalue weighted by Gasteiger charge is 2.45. The van der Waals surface area contributed by atoms with E-state index in [-0.39, 0.29) is 6.54 Å². The van der Waals surface area contributed by atoms with Gasteiger partial charge in [-0.25, -0.2) is 12.7 Å². The SMILES string of the molecule is CC(CN)S(=O)(=O)N1CCC2CC2C1. The molecule has 3 unspecified atom stereocenters. The molecule has 2 rings (SSSR count). The highest BCUT2D eigenvalue weighted by Crippen LogP contribution is 2.45. The van der Waals surface area contributed by atoms with E-state index < -0.39 is 15.3 Å². The van der Waals surface area contributed by atoms with Crippen LogP contribution in [0.3, 0.4) is 0 Å². The van der Waals surface area contributed by atoms with Crippen molar-refractivity contribution in [2.45, 2.75) is 25.0 Å². The molecule has 2 fully saturated rings. The second-order valence-electron chi connectivity index (χ2n) is 4.49. The van der Waals surface area contributed by atoms with Gasteiger partial charge in [0.1, 0.15) is 0 Å². The Hall–Kier alpha value is -0.130. The van der Waals surface area contributed by atoms with Gasteiger partial charge < -0.3 is 5.73 Å². The molecule has 0 radical (unpaired) electrons. The van der Waals surface area contributed by atoms with E-state index >= 15 is 0 Å². The summed E-state index contributed by atoms with van der Waals surface area (Å²) >= 11 is 0. The highest BCUT2D eigenvalue weighted by molar-refractivity contribution is 7.89. The van der Waals surface area contributed by atoms with Crippen LogP contribution >= 0.6 is 0 Å². The van der Waals surface area contributed by atoms with E-state index in [9.17, 15) is 8.42 Å². The average Bonchev–Trinajstić information content (AvgIpc) is 2.93. The third-order valence-electron chi connectivity index (χ3n) is 3.46. The van der Waals surface area contributed by atoms with Gasteiger partial charge in [-0.3, -0.25) is 0 Å². The van der Waals surface area contributed by atoms with Gasteiger partial charge >= 0.3 is 0 Å². The van der Waals surface area contributed by atoms with Crippen LogP contribution in [0.15, 0.2) is 0 Å². The van der Waals surface area contributed by atoms with Crippen molar-refractivity contribution in [3.8, 4) is 0 Å². The van der Waals surface area contributed by atoms with Crippen molar-refractivity contribution in [2.24, 2.45) is 17.6 Å². The summed E-state index contributed by atoms with van der Waals surface area (Å²) in [5.74, 6) is 1.46. The fraction of sp³-hybridized carbons (Fsp3) is 1.00. The van der Waals surface area contributed by atoms with Gasteiger partial charge in [0, 0.05) is 19.6 Å². The Bertz CT molecular complexity index is 315. The first-order valence-electron chi connectivity index (χ1n) is 5.24. The molecule has 1 aliphatic carbocycles. The Balaban J connectivity index is 2.06. The van der Waals surface area contributed by atoms with Gasteiger partial charge in [-0.15, -0.1) is 0 Å². The molecule has 14 heavy (non-hydrogen) atoms. The number of nitrogens with two attached hydrogens (primary N) is 1. The van der Waals surface area contributed by atoms with E-state index in [2.05, 4.69) is 0 Å². The van der Waals surface area contributed by atoms with Crippen LogP contribution in [0.5, 0.6) is 0 Å². The maximum atomic E-state index is 11.9. The summed E-state index contributed by atoms with van der Waals surface area (Å²) in [6, 6.07) is 0. The molecule has 0 aromatic carbocycles. The molecule has 0 spiro atoms. The smallest absolute Gasteiger partial charge is 0.217 e. The summed E-state index contributed by atoms with van der Waals surface area (Å²) in [6.45, 7) is 3.34. The summed E-state index contributed by atoms with van der Waals surface area (Å²) in [5.41, 5.74) is 5.40. The van der Waals surface area contributed by atoms with Crippen molar-refractivity contribution in [3.63, 3.8) is 0 Å². The second kappa shape index (κ2) is 3.47. The quantitative estimate of drug-likeness (QED) is 0.725. The van der Waals surface area contributed by atoms with Crippen LogP contribution in [-0.4, -0.2) is 37.6 Å². The lowest BCUT2D eigenvalue weighted by atomic mass is 10.2. The van der Waals surface area contributed by atoms with Crippen LogP contribution in [0.1, 0.15) is 19.8 Å². The van der Waals surface area contributed by atoms with Gasteiger partial charge in [-0.05, 0) is 31.6 Å². The van der Waals surface area contributed by atoms with Crippen LogP contribution in [0.4, 0.5) is 0 Å². The lowest BCUT2D eigenvalue weighted by Gasteiger charge is -2.28. The van der Waals surface area contributed by atoms with Crippen molar-refractivity contribution in [1.29, 1.82) is 0 Å². The van der Waals surface area contributed by atoms with Crippen LogP contribution in [0.25, 0.3) is 0 Å². The van der Waals surface area contributed by atoms with Crippen molar-refractivity contribution in [2.75, 3.05) is 19.6 Å². The van der Waals surface area contributed by atoms with Gasteiger partial charge in [0.25, 0.3) is 0 Å². The van der Waals surface area contributed by atoms with Gasteiger partial charge in [0.2, 0.25) is 10.0 Å². The third-order valence-corrected chi connectivity index (χ3v) is 5.72. The average molecular weight is 218 g/mol. The first-order chi connectivity index (χ1) is 6.55. The van der Waals surface area contributed by atoms with E-state index in [4.69, 9.17) is 5.73 Å². The van der Waals surface area contributed by atoms with Gasteiger partial charge in [-0.1, -0.05) is 0 Å². The van der Waals surface area contributed by atoms with Crippen molar-refractivity contribution < 1.29 is 8.42 Å². The first-order valence-corrected chi connectivity index (χ1v) is 6.75. The molecule has 0 bridgehead atoms. The molecular formula is C9H18N2O2S. The van der Waals surface area contributed by atoms with Crippen LogP contribution < -0.4 is 5.73 Å². The standard InChI is InChI=1S/C9H18N2O2S/c1-7(5-10)14(12,13)11-3-2-8-4-9(8)6-11/h7-9H,2-6,10H2,1H3. The fourth-order valence-corrected chi connectivity index (χ4v) is 3.67. The molecule has 0 aromatic heterocycles. The predicted molar refractivity (Wildman–Crippen MR) is 55.2 cm³/mol. The monoisotopic (exact) mass is 218 g/mol. The molecule has 1 saturated carbocycles. The van der Waals surface area contributed by atoms with E-state index in [0.717, 1.165) is 18.9 Å². The third kappa shape index (κ3) is 1.68. The molecule has 0 aromatic rings. The molecule has 1 aliphatic heterocycles. The minimum Gasteiger partial charge on any atom is -0.329 e. The molecule has 82 valence electrons. The number of nitrogens with zero attached hydrogens (tertiary/aromatic N) is 1. The van der Waals surface area contributed by atoms with E-state index in [1.54, 1.807) is 11.2 Å². The molecule has 0 amide bonds. The molecule has 1 heterocycles. The number of sulfonamides is 1. The number of hydrogen-bond acceptors (Lipinski definition) is 3. The summed E-state index contributed by atoms with van der Waals surface area (Å²) in [4.78, 5) is 0. The zero-order chi connectivity index (χ0) is 10.3. The zero-order valence-electron chi connectivity index (χ0n) is 8.52. The summed E-state index contributed by atoms with van der Waals surface area (Å²) < 4.78 is 25.5. The minimum atomic E-state index is -3.11. The maximum absolute atomic E-state index is 11.9. The Labute approximate surface area is 85.5 Å². The molecule has 3 atom stereocenters. The molecular weight excluding hydrogens is 200 g/mol. The molecule has 2 aliphatic rings. The Kier molecular flexibility index (Phi) is 2.57. The Morgan fingerprint density at radius 1 is 1.50 bits per heavy atom. The van der Waals surface area contributed by atoms with Gasteiger partial charge in [0.05, 0.1) is 5.25 Å². The lowest BCUT2D eigenvalue weighted by molar-refractivity contribution is 0.331. The summed E-state index contributed by atoms with van der Waals surface area (Å²) in [6.07, 6.45) is 2.27. The van der Waals surface area contributed by atoms with Crippen LogP contribution in [-0.2, 0) is 10.0 Å². The zero-order valence-corrected chi connectivity index (χ0v) is 9.33. The summed E-state index contributed by atoms with van der Waals surface area (Å²) in [7, 11) is -3.11. The van der Waals surface area contributed by atoms with Crippen molar-refractivity contribution in [3.05, 3.63) is 0 Å². The molecule has 1 saturated heterocycles. The maximum Gasteiger partial charge on any atom is 0.217 e. The lowest BCUT2D eigenvalue weighted by Crippen LogP contribution is -2.44. The Morgan fingerprint density at radius 2 is 2.21 bits per heavy atom. The van der Waals surface area contributed by atoms with Crippen molar-refractivity contribution in [1.82, 2.24) is 4.31 Å². The van der Waals surface area contributed by atoms with Crippen molar-refractivity contribution >= 4 is 10.0 Å². The van der Waals surface area contributed by atoms with E-state index in [0.29, 0.717) is 12.5 Å². The number of piperidine rings is 1. The Morgan fingerprint density at radius 3 is 2.79 bits per heavy atom. The largest absolute Gasteiger partial charge is 0.329 e. The second-order valence-corrected chi connectivity index (χ2v) is 6.84. The summed E-state index contributed by atoms with van der Waals surface area (Å²) in [5, 5.41) is -0.433. The molecule has 4 nitrogen and oxygen atoms in total. The fourth-order valence-electron chi connectivity index (χ4n) is 2.16. The minimum absolute atomic E-state index is 0.215. The van der Waals surface area contributed by atoms with E-state index in [1.165, 1.54) is 6.42 Å². The number of hydrogen-bond donors (Lipinski definition) is 1. The molecule has 2 N–H and O–H groups in total. The van der Waals surface area contributed by atoms with Crippen LogP contribution in [0, 0.1) is 11.8 Å². The van der Waals surface area contributed by atoms with Gasteiger partial charge in [0.15, 0.2) is 0 Å². The number of rotatable bonds is 3. The van der Waals surface area contributed by atoms with Crippen LogP contribution in [0.2, 0.25) is 0 Å². The number of fused-ring (bicyclic) bond motifs is 1. The van der Waals surface area contributed by atoms with E-state index in [1.807, 2.05) is 0 Å².